The number of nitrogen functional groups attached to an aromatic ring is 1. The number of nitrogens with two attached hydrogens (primary N) is 1. The lowest BCUT2D eigenvalue weighted by atomic mass is 9.87. The Bertz CT molecular complexity index is 1730. The average Bonchev–Trinajstić information content (AvgIpc) is 3.76. The normalized spacial score (nSPS) is 14.8. The minimum Gasteiger partial charge on any atom is -0.398 e. The average molecular weight is 629 g/mol. The van der Waals surface area contributed by atoms with Crippen molar-refractivity contribution in [1.29, 1.82) is 0 Å². The smallest absolute Gasteiger partial charge is 0.135 e. The van der Waals surface area contributed by atoms with Crippen LogP contribution in [0.5, 0.6) is 0 Å². The number of aliphatic imine (C=N–C) groups is 1. The van der Waals surface area contributed by atoms with Crippen LogP contribution in [-0.2, 0) is 20.0 Å². The topological polar surface area (TPSA) is 101 Å². The molecule has 4 aromatic rings. The van der Waals surface area contributed by atoms with E-state index in [0.717, 1.165) is 63.7 Å². The molecule has 2 aromatic carbocycles. The van der Waals surface area contributed by atoms with Crippen LogP contribution in [0.4, 0.5) is 14.5 Å². The summed E-state index contributed by atoms with van der Waals surface area (Å²) in [6.45, 7) is 10.8. The number of hydrogen-bond donors (Lipinski definition) is 3. The monoisotopic (exact) mass is 628 g/mol. The van der Waals surface area contributed by atoms with Crippen LogP contribution in [0.3, 0.4) is 0 Å². The van der Waals surface area contributed by atoms with Crippen molar-refractivity contribution >= 4 is 11.9 Å². The number of aliphatic hydroxyl groups is 1. The lowest BCUT2D eigenvalue weighted by Crippen LogP contribution is -2.24. The van der Waals surface area contributed by atoms with Gasteiger partial charge in [0.15, 0.2) is 0 Å². The lowest BCUT2D eigenvalue weighted by Gasteiger charge is -2.24. The maximum Gasteiger partial charge on any atom is 0.135 e. The molecule has 1 aliphatic rings. The summed E-state index contributed by atoms with van der Waals surface area (Å²) in [6.07, 6.45) is 8.53. The van der Waals surface area contributed by atoms with Gasteiger partial charge in [-0.25, -0.2) is 8.78 Å². The third-order valence-electron chi connectivity index (χ3n) is 8.91. The van der Waals surface area contributed by atoms with Crippen LogP contribution in [0.25, 0.3) is 11.3 Å². The van der Waals surface area contributed by atoms with E-state index in [1.807, 2.05) is 66.3 Å². The van der Waals surface area contributed by atoms with Gasteiger partial charge in [-0.05, 0) is 78.1 Å². The summed E-state index contributed by atoms with van der Waals surface area (Å²) in [5, 5.41) is 18.3. The van der Waals surface area contributed by atoms with Gasteiger partial charge in [-0.15, -0.1) is 0 Å². The van der Waals surface area contributed by atoms with Crippen LogP contribution >= 0.6 is 0 Å². The first-order chi connectivity index (χ1) is 22.0. The number of aryl methyl sites for hydroxylation is 2. The van der Waals surface area contributed by atoms with Crippen molar-refractivity contribution in [3.05, 3.63) is 99.0 Å². The Morgan fingerprint density at radius 1 is 1.11 bits per heavy atom. The lowest BCUT2D eigenvalue weighted by molar-refractivity contribution is 0.272. The van der Waals surface area contributed by atoms with E-state index >= 15 is 4.39 Å². The first kappa shape index (κ1) is 33.4. The fraction of sp³-hybridized carbons (Fsp3) is 0.432. The number of benzene rings is 2. The number of aliphatic hydroxyl groups excluding tert-OH is 1. The van der Waals surface area contributed by atoms with Crippen LogP contribution in [0.15, 0.2) is 47.7 Å². The van der Waals surface area contributed by atoms with Gasteiger partial charge in [0.2, 0.25) is 0 Å². The third kappa shape index (κ3) is 7.37. The number of nitrogens with zero attached hydrogens (tertiary/aromatic N) is 4. The number of pyridine rings is 1. The molecule has 0 saturated heterocycles. The van der Waals surface area contributed by atoms with E-state index in [0.29, 0.717) is 36.8 Å². The van der Waals surface area contributed by atoms with E-state index in [4.69, 9.17) is 10.7 Å². The number of halogens is 2. The van der Waals surface area contributed by atoms with E-state index in [9.17, 15) is 9.50 Å². The largest absolute Gasteiger partial charge is 0.398 e. The highest BCUT2D eigenvalue weighted by Gasteiger charge is 2.26. The zero-order valence-corrected chi connectivity index (χ0v) is 27.7. The Morgan fingerprint density at radius 2 is 1.87 bits per heavy atom. The van der Waals surface area contributed by atoms with Crippen molar-refractivity contribution in [2.24, 2.45) is 12.0 Å². The molecule has 0 radical (unpaired) electrons. The molecule has 2 unspecified atom stereocenters. The summed E-state index contributed by atoms with van der Waals surface area (Å²) in [7, 11) is 1.87. The molecule has 5 rings (SSSR count). The predicted octanol–water partition coefficient (Wildman–Crippen LogP) is 6.94. The molecule has 244 valence electrons. The quantitative estimate of drug-likeness (QED) is 0.110. The van der Waals surface area contributed by atoms with Gasteiger partial charge in [-0.2, -0.15) is 5.10 Å². The summed E-state index contributed by atoms with van der Waals surface area (Å²) in [4.78, 5) is 9.76. The summed E-state index contributed by atoms with van der Waals surface area (Å²) in [5.41, 5.74) is 14.8. The highest BCUT2D eigenvalue weighted by atomic mass is 19.1. The molecule has 2 aromatic heterocycles. The Morgan fingerprint density at radius 3 is 2.50 bits per heavy atom. The minimum atomic E-state index is -0.653. The Balaban J connectivity index is 1.55. The summed E-state index contributed by atoms with van der Waals surface area (Å²) < 4.78 is 32.1. The Hall–Kier alpha value is -3.95. The molecule has 1 fully saturated rings. The number of aromatic nitrogens is 3. The minimum absolute atomic E-state index is 0.0717. The van der Waals surface area contributed by atoms with Gasteiger partial charge in [-0.3, -0.25) is 14.7 Å². The molecule has 4 N–H and O–H groups in total. The SMILES string of the molecule is CCc1c(C(C)CO)cc(C(CNCc2cc(C)c(N)c(C=NC3CC3)c2)c2cnn(C)c2)nc1-c1cc(C(C)C)c(F)cc1F. The van der Waals surface area contributed by atoms with E-state index in [2.05, 4.69) is 27.5 Å². The van der Waals surface area contributed by atoms with E-state index in [-0.39, 0.29) is 29.9 Å². The number of hydrogen-bond acceptors (Lipinski definition) is 6. The second-order valence-electron chi connectivity index (χ2n) is 13.0. The van der Waals surface area contributed by atoms with Gasteiger partial charge in [0, 0.05) is 79.4 Å². The standard InChI is InChI=1S/C37H46F2N6O/c1-7-28-30(23(5)20-46)13-35(44-37(28)31-12-29(21(2)3)33(38)14-34(31)39)32(26-17-43-45(6)19-26)18-41-15-24-10-22(4)36(40)25(11-24)16-42-27-8-9-27/h10-14,16-17,19,21,23,27,32,41,46H,7-9,15,18,20,40H2,1-6H3. The first-order valence-corrected chi connectivity index (χ1v) is 16.3. The van der Waals surface area contributed by atoms with E-state index in [1.165, 1.54) is 0 Å². The summed E-state index contributed by atoms with van der Waals surface area (Å²) in [6, 6.07) is 9.18. The molecular weight excluding hydrogens is 582 g/mol. The zero-order chi connectivity index (χ0) is 33.1. The van der Waals surface area contributed by atoms with Crippen LogP contribution in [0, 0.1) is 18.6 Å². The highest BCUT2D eigenvalue weighted by Crippen LogP contribution is 2.37. The second kappa shape index (κ2) is 14.2. The third-order valence-corrected chi connectivity index (χ3v) is 8.91. The van der Waals surface area contributed by atoms with Gasteiger partial charge in [-0.1, -0.05) is 33.8 Å². The molecule has 9 heteroatoms. The molecule has 7 nitrogen and oxygen atoms in total. The molecule has 0 bridgehead atoms. The Labute approximate surface area is 271 Å². The molecule has 1 aliphatic carbocycles. The van der Waals surface area contributed by atoms with Crippen molar-refractivity contribution in [2.75, 3.05) is 18.9 Å². The van der Waals surface area contributed by atoms with Crippen molar-refractivity contribution < 1.29 is 13.9 Å². The maximum absolute atomic E-state index is 15.6. The molecule has 2 heterocycles. The van der Waals surface area contributed by atoms with Gasteiger partial charge in [0.1, 0.15) is 11.6 Å². The maximum atomic E-state index is 15.6. The molecule has 46 heavy (non-hydrogen) atoms. The van der Waals surface area contributed by atoms with Crippen LogP contribution < -0.4 is 11.1 Å². The molecule has 1 saturated carbocycles. The van der Waals surface area contributed by atoms with Crippen LogP contribution in [0.1, 0.15) is 103 Å². The van der Waals surface area contributed by atoms with Gasteiger partial charge in [0.25, 0.3) is 0 Å². The molecule has 0 amide bonds. The fourth-order valence-electron chi connectivity index (χ4n) is 6.01. The number of rotatable bonds is 13. The van der Waals surface area contributed by atoms with Crippen molar-refractivity contribution in [3.8, 4) is 11.3 Å². The predicted molar refractivity (Wildman–Crippen MR) is 182 cm³/mol. The summed E-state index contributed by atoms with van der Waals surface area (Å²) in [5.74, 6) is -1.79. The van der Waals surface area contributed by atoms with Gasteiger partial charge >= 0.3 is 0 Å². The summed E-state index contributed by atoms with van der Waals surface area (Å²) >= 11 is 0. The second-order valence-corrected chi connectivity index (χ2v) is 13.0. The van der Waals surface area contributed by atoms with Gasteiger partial charge in [0.05, 0.1) is 23.6 Å². The van der Waals surface area contributed by atoms with E-state index < -0.39 is 11.6 Å². The van der Waals surface area contributed by atoms with Crippen molar-refractivity contribution in [1.82, 2.24) is 20.1 Å². The zero-order valence-electron chi connectivity index (χ0n) is 27.7. The fourth-order valence-corrected chi connectivity index (χ4v) is 6.01. The molecule has 0 aliphatic heterocycles. The Kier molecular flexibility index (Phi) is 10.3. The number of anilines is 1. The van der Waals surface area contributed by atoms with Crippen molar-refractivity contribution in [3.63, 3.8) is 0 Å². The number of nitrogens with one attached hydrogen (secondary N) is 1. The van der Waals surface area contributed by atoms with Crippen molar-refractivity contribution in [2.45, 2.75) is 84.2 Å². The first-order valence-electron chi connectivity index (χ1n) is 16.3. The molecule has 0 spiro atoms. The van der Waals surface area contributed by atoms with Crippen LogP contribution in [0.2, 0.25) is 0 Å². The molecular formula is C37H46F2N6O. The van der Waals surface area contributed by atoms with E-state index in [1.54, 1.807) is 10.7 Å². The molecule has 2 atom stereocenters. The highest BCUT2D eigenvalue weighted by molar-refractivity contribution is 5.88. The van der Waals surface area contributed by atoms with Crippen LogP contribution in [-0.4, -0.2) is 45.3 Å². The van der Waals surface area contributed by atoms with Gasteiger partial charge < -0.3 is 16.2 Å².